The molecule has 1 aliphatic heterocycles. The predicted octanol–water partition coefficient (Wildman–Crippen LogP) is 1.26. The minimum absolute atomic E-state index is 0.180. The average molecular weight is 256 g/mol. The number of carbonyl (C=O) groups is 2. The monoisotopic (exact) mass is 256 g/mol. The summed E-state index contributed by atoms with van der Waals surface area (Å²) in [5.41, 5.74) is 1.36. The van der Waals surface area contributed by atoms with Gasteiger partial charge in [-0.05, 0) is 12.1 Å². The Balaban J connectivity index is 2.23. The van der Waals surface area contributed by atoms with Gasteiger partial charge in [0.25, 0.3) is 11.8 Å². The average Bonchev–Trinajstić information content (AvgIpc) is 2.78. The minimum Gasteiger partial charge on any atom is -0.321 e. The zero-order valence-corrected chi connectivity index (χ0v) is 10.5. The Morgan fingerprint density at radius 2 is 1.84 bits per heavy atom. The number of rotatable bonds is 0. The third-order valence-corrected chi connectivity index (χ3v) is 3.18. The minimum atomic E-state index is -0.269. The molecule has 6 heteroatoms. The summed E-state index contributed by atoms with van der Waals surface area (Å²) in [4.78, 5) is 26.1. The highest BCUT2D eigenvalue weighted by atomic mass is 16.2. The lowest BCUT2D eigenvalue weighted by Gasteiger charge is -2.23. The Morgan fingerprint density at radius 1 is 1.11 bits per heavy atom. The van der Waals surface area contributed by atoms with Gasteiger partial charge < -0.3 is 5.32 Å². The molecule has 96 valence electrons. The third kappa shape index (κ3) is 1.61. The molecule has 0 fully saturated rings. The number of aromatic nitrogens is 2. The zero-order valence-electron chi connectivity index (χ0n) is 10.5. The Hall–Kier alpha value is -2.63. The number of anilines is 2. The van der Waals surface area contributed by atoms with Gasteiger partial charge in [-0.2, -0.15) is 5.10 Å². The van der Waals surface area contributed by atoms with Crippen LogP contribution in [-0.2, 0) is 7.05 Å². The van der Waals surface area contributed by atoms with Gasteiger partial charge in [0.1, 0.15) is 11.4 Å². The van der Waals surface area contributed by atoms with E-state index < -0.39 is 0 Å². The number of aryl methyl sites for hydroxylation is 1. The number of hydrogen-bond acceptors (Lipinski definition) is 3. The van der Waals surface area contributed by atoms with Crippen LogP contribution in [-0.4, -0.2) is 28.6 Å². The number of carbonyl (C=O) groups excluding carboxylic acids is 2. The normalized spacial score (nSPS) is 14.3. The maximum Gasteiger partial charge on any atom is 0.261 e. The summed E-state index contributed by atoms with van der Waals surface area (Å²) in [6.07, 6.45) is 1.46. The van der Waals surface area contributed by atoms with Gasteiger partial charge in [-0.25, -0.2) is 0 Å². The first kappa shape index (κ1) is 11.5. The molecule has 0 bridgehead atoms. The van der Waals surface area contributed by atoms with E-state index in [2.05, 4.69) is 10.4 Å². The summed E-state index contributed by atoms with van der Waals surface area (Å²) in [6.45, 7) is 0. The molecule has 0 spiro atoms. The molecule has 1 aliphatic rings. The summed E-state index contributed by atoms with van der Waals surface area (Å²) >= 11 is 0. The lowest BCUT2D eigenvalue weighted by atomic mass is 10.1. The van der Waals surface area contributed by atoms with Gasteiger partial charge in [-0.1, -0.05) is 12.1 Å². The highest BCUT2D eigenvalue weighted by molar-refractivity contribution is 6.18. The fourth-order valence-electron chi connectivity index (χ4n) is 2.23. The first-order valence-electron chi connectivity index (χ1n) is 5.80. The van der Waals surface area contributed by atoms with Crippen LogP contribution in [0.15, 0.2) is 30.5 Å². The van der Waals surface area contributed by atoms with Crippen molar-refractivity contribution < 1.29 is 9.59 Å². The van der Waals surface area contributed by atoms with Crippen molar-refractivity contribution >= 4 is 23.3 Å². The maximum absolute atomic E-state index is 12.4. The van der Waals surface area contributed by atoms with Gasteiger partial charge in [0.2, 0.25) is 0 Å². The molecule has 1 aromatic carbocycles. The van der Waals surface area contributed by atoms with E-state index in [0.717, 1.165) is 0 Å². The molecule has 19 heavy (non-hydrogen) atoms. The molecule has 1 N–H and O–H groups in total. The van der Waals surface area contributed by atoms with E-state index in [1.54, 1.807) is 38.4 Å². The molecule has 0 atom stereocenters. The molecule has 1 aromatic heterocycles. The second-order valence-corrected chi connectivity index (χ2v) is 4.37. The summed E-state index contributed by atoms with van der Waals surface area (Å²) in [6, 6.07) is 6.94. The Morgan fingerprint density at radius 3 is 2.63 bits per heavy atom. The van der Waals surface area contributed by atoms with Crippen molar-refractivity contribution in [3.63, 3.8) is 0 Å². The molecule has 0 radical (unpaired) electrons. The van der Waals surface area contributed by atoms with E-state index in [-0.39, 0.29) is 11.8 Å². The number of hydrogen-bond donors (Lipinski definition) is 1. The van der Waals surface area contributed by atoms with Crippen LogP contribution in [0, 0.1) is 0 Å². The van der Waals surface area contributed by atoms with Crippen molar-refractivity contribution in [3.05, 3.63) is 41.6 Å². The van der Waals surface area contributed by atoms with E-state index in [9.17, 15) is 9.59 Å². The number of nitrogens with one attached hydrogen (secondary N) is 1. The molecule has 6 nitrogen and oxygen atoms in total. The summed E-state index contributed by atoms with van der Waals surface area (Å²) in [5.74, 6) is 0.0346. The Labute approximate surface area is 109 Å². The fourth-order valence-corrected chi connectivity index (χ4v) is 2.23. The summed E-state index contributed by atoms with van der Waals surface area (Å²) < 4.78 is 1.51. The standard InChI is InChI=1S/C13H12N4O2/c1-16-12-9(7-14-17(12)2)11(18)15-10-6-4-3-5-8(10)13(16)19/h3-7H,1-2H3,(H,15,18). The lowest BCUT2D eigenvalue weighted by Crippen LogP contribution is -2.33. The first-order chi connectivity index (χ1) is 9.09. The van der Waals surface area contributed by atoms with Crippen molar-refractivity contribution in [2.75, 3.05) is 17.3 Å². The summed E-state index contributed by atoms with van der Waals surface area (Å²) in [7, 11) is 3.33. The number of benzene rings is 1. The molecule has 2 amide bonds. The van der Waals surface area contributed by atoms with Crippen molar-refractivity contribution in [2.24, 2.45) is 7.05 Å². The van der Waals surface area contributed by atoms with Crippen molar-refractivity contribution in [1.29, 1.82) is 0 Å². The molecular weight excluding hydrogens is 244 g/mol. The van der Waals surface area contributed by atoms with Crippen LogP contribution < -0.4 is 10.2 Å². The van der Waals surface area contributed by atoms with E-state index in [1.807, 2.05) is 0 Å². The first-order valence-corrected chi connectivity index (χ1v) is 5.80. The quantitative estimate of drug-likeness (QED) is 0.771. The van der Waals surface area contributed by atoms with Crippen LogP contribution in [0.1, 0.15) is 20.7 Å². The van der Waals surface area contributed by atoms with Crippen LogP contribution in [0.3, 0.4) is 0 Å². The number of nitrogens with zero attached hydrogens (tertiary/aromatic N) is 3. The third-order valence-electron chi connectivity index (χ3n) is 3.18. The van der Waals surface area contributed by atoms with E-state index in [0.29, 0.717) is 22.6 Å². The van der Waals surface area contributed by atoms with Gasteiger partial charge in [-0.15, -0.1) is 0 Å². The Bertz CT molecular complexity index is 690. The predicted molar refractivity (Wildman–Crippen MR) is 70.3 cm³/mol. The van der Waals surface area contributed by atoms with Gasteiger partial charge in [-0.3, -0.25) is 19.2 Å². The Kier molecular flexibility index (Phi) is 2.38. The highest BCUT2D eigenvalue weighted by Crippen LogP contribution is 2.27. The van der Waals surface area contributed by atoms with Crippen LogP contribution in [0.4, 0.5) is 11.5 Å². The summed E-state index contributed by atoms with van der Waals surface area (Å²) in [5, 5.41) is 6.78. The highest BCUT2D eigenvalue weighted by Gasteiger charge is 2.28. The zero-order chi connectivity index (χ0) is 13.6. The second kappa shape index (κ2) is 3.94. The van der Waals surface area contributed by atoms with Gasteiger partial charge in [0.05, 0.1) is 17.4 Å². The van der Waals surface area contributed by atoms with E-state index in [1.165, 1.54) is 15.8 Å². The molecule has 0 saturated carbocycles. The van der Waals surface area contributed by atoms with E-state index in [4.69, 9.17) is 0 Å². The molecule has 0 aliphatic carbocycles. The van der Waals surface area contributed by atoms with Gasteiger partial charge >= 0.3 is 0 Å². The van der Waals surface area contributed by atoms with Gasteiger partial charge in [0.15, 0.2) is 0 Å². The molecule has 2 heterocycles. The van der Waals surface area contributed by atoms with Gasteiger partial charge in [0, 0.05) is 14.1 Å². The molecule has 2 aromatic rings. The molecular formula is C13H12N4O2. The molecule has 0 unspecified atom stereocenters. The second-order valence-electron chi connectivity index (χ2n) is 4.37. The van der Waals surface area contributed by atoms with E-state index >= 15 is 0 Å². The number of para-hydroxylation sites is 1. The largest absolute Gasteiger partial charge is 0.321 e. The number of amides is 2. The van der Waals surface area contributed by atoms with Crippen LogP contribution in [0.25, 0.3) is 0 Å². The van der Waals surface area contributed by atoms with Crippen LogP contribution >= 0.6 is 0 Å². The smallest absolute Gasteiger partial charge is 0.261 e. The number of fused-ring (bicyclic) bond motifs is 2. The SMILES string of the molecule is CN1C(=O)c2ccccc2NC(=O)c2cnn(C)c21. The molecule has 0 saturated heterocycles. The van der Waals surface area contributed by atoms with Crippen LogP contribution in [0.2, 0.25) is 0 Å². The van der Waals surface area contributed by atoms with Crippen molar-refractivity contribution in [2.45, 2.75) is 0 Å². The lowest BCUT2D eigenvalue weighted by molar-refractivity contribution is 0.0989. The topological polar surface area (TPSA) is 67.2 Å². The maximum atomic E-state index is 12.4. The van der Waals surface area contributed by atoms with Crippen LogP contribution in [0.5, 0.6) is 0 Å². The van der Waals surface area contributed by atoms with Crippen molar-refractivity contribution in [3.8, 4) is 0 Å². The fraction of sp³-hybridized carbons (Fsp3) is 0.154. The van der Waals surface area contributed by atoms with Crippen molar-refractivity contribution in [1.82, 2.24) is 9.78 Å². The molecule has 3 rings (SSSR count).